The summed E-state index contributed by atoms with van der Waals surface area (Å²) >= 11 is 0. The molecule has 0 radical (unpaired) electrons. The summed E-state index contributed by atoms with van der Waals surface area (Å²) in [6.07, 6.45) is 1.99. The monoisotopic (exact) mass is 495 g/mol. The summed E-state index contributed by atoms with van der Waals surface area (Å²) in [7, 11) is 5.07. The fourth-order valence-electron chi connectivity index (χ4n) is 2.22. The topological polar surface area (TPSA) is 73.3 Å². The van der Waals surface area contributed by atoms with Gasteiger partial charge < -0.3 is 29.6 Å². The van der Waals surface area contributed by atoms with Gasteiger partial charge in [0.2, 0.25) is 0 Å². The Bertz CT molecular complexity index is 517. The maximum atomic E-state index is 5.92. The van der Waals surface area contributed by atoms with Crippen LogP contribution in [0.2, 0.25) is 0 Å². The van der Waals surface area contributed by atoms with E-state index in [1.54, 1.807) is 21.3 Å². The number of nitrogens with one attached hydrogen (secondary N) is 2. The Labute approximate surface area is 180 Å². The molecule has 0 saturated heterocycles. The Morgan fingerprint density at radius 1 is 1.04 bits per heavy atom. The van der Waals surface area contributed by atoms with E-state index >= 15 is 0 Å². The van der Waals surface area contributed by atoms with Crippen LogP contribution in [0.5, 0.6) is 11.5 Å². The van der Waals surface area contributed by atoms with Crippen LogP contribution in [0.25, 0.3) is 0 Å². The normalized spacial score (nSPS) is 12.1. The van der Waals surface area contributed by atoms with Gasteiger partial charge in [-0.2, -0.15) is 0 Å². The Kier molecular flexibility index (Phi) is 16.1. The molecule has 156 valence electrons. The molecule has 2 N–H and O–H groups in total. The molecule has 7 nitrogen and oxygen atoms in total. The second-order valence-corrected chi connectivity index (χ2v) is 5.77. The molecule has 0 bridgehead atoms. The number of hydrogen-bond acceptors (Lipinski definition) is 5. The van der Waals surface area contributed by atoms with Crippen LogP contribution in [0.1, 0.15) is 19.8 Å². The predicted molar refractivity (Wildman–Crippen MR) is 120 cm³/mol. The van der Waals surface area contributed by atoms with Gasteiger partial charge in [0.25, 0.3) is 0 Å². The van der Waals surface area contributed by atoms with Gasteiger partial charge in [-0.3, -0.25) is 4.99 Å². The molecule has 1 unspecified atom stereocenters. The Hall–Kier alpha value is -1.26. The van der Waals surface area contributed by atoms with Crippen LogP contribution in [-0.4, -0.2) is 66.2 Å². The van der Waals surface area contributed by atoms with E-state index in [1.807, 2.05) is 31.2 Å². The maximum Gasteiger partial charge on any atom is 0.191 e. The van der Waals surface area contributed by atoms with Crippen LogP contribution in [0.3, 0.4) is 0 Å². The van der Waals surface area contributed by atoms with Crippen molar-refractivity contribution >= 4 is 29.9 Å². The third kappa shape index (κ3) is 11.9. The highest BCUT2D eigenvalue weighted by Crippen LogP contribution is 2.26. The smallest absolute Gasteiger partial charge is 0.191 e. The molecule has 0 aliphatic heterocycles. The molecule has 27 heavy (non-hydrogen) atoms. The number of rotatable bonds is 13. The lowest BCUT2D eigenvalue weighted by molar-refractivity contribution is 0.0689. The predicted octanol–water partition coefficient (Wildman–Crippen LogP) is 2.69. The van der Waals surface area contributed by atoms with Crippen molar-refractivity contribution in [3.8, 4) is 11.5 Å². The van der Waals surface area contributed by atoms with Crippen molar-refractivity contribution in [1.82, 2.24) is 10.6 Å². The van der Waals surface area contributed by atoms with Crippen LogP contribution in [0.15, 0.2) is 29.3 Å². The first-order valence-electron chi connectivity index (χ1n) is 9.02. The molecule has 0 aromatic heterocycles. The number of benzene rings is 1. The molecular formula is C19H34IN3O4. The molecule has 0 aliphatic rings. The van der Waals surface area contributed by atoms with E-state index in [0.29, 0.717) is 19.8 Å². The highest BCUT2D eigenvalue weighted by molar-refractivity contribution is 14.0. The van der Waals surface area contributed by atoms with E-state index in [-0.39, 0.29) is 30.1 Å². The Morgan fingerprint density at radius 2 is 1.78 bits per heavy atom. The van der Waals surface area contributed by atoms with Crippen molar-refractivity contribution in [1.29, 1.82) is 0 Å². The van der Waals surface area contributed by atoms with E-state index < -0.39 is 0 Å². The lowest BCUT2D eigenvalue weighted by Crippen LogP contribution is -2.42. The number of nitrogens with zero attached hydrogens (tertiary/aromatic N) is 1. The number of hydrogen-bond donors (Lipinski definition) is 2. The van der Waals surface area contributed by atoms with E-state index in [4.69, 9.17) is 18.9 Å². The number of ether oxygens (including phenoxy) is 4. The van der Waals surface area contributed by atoms with E-state index in [2.05, 4.69) is 15.6 Å². The summed E-state index contributed by atoms with van der Waals surface area (Å²) in [4.78, 5) is 4.23. The lowest BCUT2D eigenvalue weighted by atomic mass is 10.3. The van der Waals surface area contributed by atoms with Gasteiger partial charge in [0.05, 0.1) is 26.9 Å². The van der Waals surface area contributed by atoms with Crippen molar-refractivity contribution in [3.05, 3.63) is 24.3 Å². The molecule has 0 heterocycles. The van der Waals surface area contributed by atoms with Gasteiger partial charge in [-0.05, 0) is 31.9 Å². The highest BCUT2D eigenvalue weighted by atomic mass is 127. The van der Waals surface area contributed by atoms with E-state index in [9.17, 15) is 0 Å². The van der Waals surface area contributed by atoms with E-state index in [0.717, 1.165) is 43.5 Å². The molecule has 1 aromatic rings. The second-order valence-electron chi connectivity index (χ2n) is 5.77. The van der Waals surface area contributed by atoms with Gasteiger partial charge in [0.15, 0.2) is 17.5 Å². The molecule has 1 aromatic carbocycles. The molecule has 1 rings (SSSR count). The minimum absolute atomic E-state index is 0. The number of unbranched alkanes of at least 4 members (excludes halogenated alkanes) is 1. The largest absolute Gasteiger partial charge is 0.493 e. The third-order valence-corrected chi connectivity index (χ3v) is 3.62. The SMILES string of the molecule is CN=C(NCCCCOCCOC)NCC(C)Oc1ccccc1OC.I. The highest BCUT2D eigenvalue weighted by Gasteiger charge is 2.09. The van der Waals surface area contributed by atoms with Crippen LogP contribution in [-0.2, 0) is 9.47 Å². The number of halogens is 1. The fourth-order valence-corrected chi connectivity index (χ4v) is 2.22. The minimum Gasteiger partial charge on any atom is -0.493 e. The zero-order chi connectivity index (χ0) is 19.0. The first kappa shape index (κ1) is 25.7. The molecule has 0 amide bonds. The fraction of sp³-hybridized carbons (Fsp3) is 0.632. The van der Waals surface area contributed by atoms with Crippen LogP contribution >= 0.6 is 24.0 Å². The van der Waals surface area contributed by atoms with Gasteiger partial charge in [0.1, 0.15) is 6.10 Å². The second kappa shape index (κ2) is 16.9. The summed E-state index contributed by atoms with van der Waals surface area (Å²) in [5.74, 6) is 2.23. The quantitative estimate of drug-likeness (QED) is 0.190. The number of aliphatic imine (C=N–C) groups is 1. The van der Waals surface area contributed by atoms with Crippen LogP contribution < -0.4 is 20.1 Å². The molecule has 0 saturated carbocycles. The van der Waals surface area contributed by atoms with Crippen LogP contribution in [0, 0.1) is 0 Å². The molecule has 8 heteroatoms. The molecule has 0 spiro atoms. The first-order valence-corrected chi connectivity index (χ1v) is 9.02. The molecular weight excluding hydrogens is 461 g/mol. The van der Waals surface area contributed by atoms with Crippen molar-refractivity contribution < 1.29 is 18.9 Å². The average Bonchev–Trinajstić information content (AvgIpc) is 2.66. The molecule has 0 fully saturated rings. The van der Waals surface area contributed by atoms with Crippen molar-refractivity contribution in [2.24, 2.45) is 4.99 Å². The zero-order valence-corrected chi connectivity index (χ0v) is 19.2. The lowest BCUT2D eigenvalue weighted by Gasteiger charge is -2.19. The molecule has 1 atom stereocenters. The number of methoxy groups -OCH3 is 2. The van der Waals surface area contributed by atoms with Gasteiger partial charge in [0, 0.05) is 27.3 Å². The van der Waals surface area contributed by atoms with Crippen molar-refractivity contribution in [3.63, 3.8) is 0 Å². The molecule has 0 aliphatic carbocycles. The summed E-state index contributed by atoms with van der Waals surface area (Å²) in [5, 5.41) is 6.56. The number of para-hydroxylation sites is 2. The van der Waals surface area contributed by atoms with Gasteiger partial charge in [-0.25, -0.2) is 0 Å². The van der Waals surface area contributed by atoms with Gasteiger partial charge in [-0.1, -0.05) is 12.1 Å². The van der Waals surface area contributed by atoms with E-state index in [1.165, 1.54) is 0 Å². The Balaban J connectivity index is 0.00000676. The van der Waals surface area contributed by atoms with Crippen molar-refractivity contribution in [2.45, 2.75) is 25.9 Å². The number of guanidine groups is 1. The zero-order valence-electron chi connectivity index (χ0n) is 16.8. The van der Waals surface area contributed by atoms with Crippen LogP contribution in [0.4, 0.5) is 0 Å². The van der Waals surface area contributed by atoms with Gasteiger partial charge in [-0.15, -0.1) is 24.0 Å². The standard InChI is InChI=1S/C19H33N3O4.HI/c1-16(26-18-10-6-5-9-17(18)24-4)15-22-19(20-2)21-11-7-8-12-25-14-13-23-3;/h5-6,9-10,16H,7-8,11-15H2,1-4H3,(H2,20,21,22);1H. The summed E-state index contributed by atoms with van der Waals surface area (Å²) in [5.41, 5.74) is 0. The summed E-state index contributed by atoms with van der Waals surface area (Å²) in [6, 6.07) is 7.63. The Morgan fingerprint density at radius 3 is 2.44 bits per heavy atom. The summed E-state index contributed by atoms with van der Waals surface area (Å²) in [6.45, 7) is 5.53. The maximum absolute atomic E-state index is 5.92. The summed E-state index contributed by atoms with van der Waals surface area (Å²) < 4.78 is 21.6. The minimum atomic E-state index is -0.0287. The van der Waals surface area contributed by atoms with Gasteiger partial charge >= 0.3 is 0 Å². The van der Waals surface area contributed by atoms with Crippen molar-refractivity contribution in [2.75, 3.05) is 54.2 Å². The average molecular weight is 495 g/mol. The third-order valence-electron chi connectivity index (χ3n) is 3.62. The first-order chi connectivity index (χ1) is 12.7.